The maximum atomic E-state index is 10.7. The largest absolute Gasteiger partial charge is 0.384 e. The molecule has 0 bridgehead atoms. The molecule has 1 aliphatic rings. The van der Waals surface area contributed by atoms with E-state index < -0.39 is 5.60 Å². The lowest BCUT2D eigenvalue weighted by atomic mass is 9.96. The molecule has 0 radical (unpaired) electrons. The van der Waals surface area contributed by atoms with Crippen molar-refractivity contribution >= 4 is 5.96 Å². The minimum atomic E-state index is -0.969. The predicted octanol–water partition coefficient (Wildman–Crippen LogP) is 2.57. The molecule has 1 fully saturated rings. The lowest BCUT2D eigenvalue weighted by Crippen LogP contribution is -2.46. The topological polar surface area (TPSA) is 59.9 Å². The van der Waals surface area contributed by atoms with Crippen molar-refractivity contribution in [2.24, 2.45) is 10.9 Å². The summed E-state index contributed by atoms with van der Waals surface area (Å²) >= 11 is 0. The van der Waals surface area contributed by atoms with Crippen molar-refractivity contribution < 1.29 is 5.11 Å². The molecule has 0 aromatic heterocycles. The van der Waals surface area contributed by atoms with Crippen LogP contribution in [0.25, 0.3) is 0 Å². The first-order chi connectivity index (χ1) is 12.4. The lowest BCUT2D eigenvalue weighted by molar-refractivity contribution is 0.0672. The molecule has 1 saturated heterocycles. The van der Waals surface area contributed by atoms with Gasteiger partial charge in [-0.25, -0.2) is 4.99 Å². The van der Waals surface area contributed by atoms with Crippen LogP contribution in [-0.2, 0) is 5.60 Å². The number of guanidine groups is 1. The Kier molecular flexibility index (Phi) is 7.91. The Hall–Kier alpha value is -1.59. The molecule has 1 aromatic carbocycles. The third kappa shape index (κ3) is 6.29. The fourth-order valence-electron chi connectivity index (χ4n) is 3.44. The number of nitrogens with one attached hydrogen (secondary N) is 2. The van der Waals surface area contributed by atoms with Crippen LogP contribution < -0.4 is 10.6 Å². The summed E-state index contributed by atoms with van der Waals surface area (Å²) in [6, 6.07) is 10.3. The summed E-state index contributed by atoms with van der Waals surface area (Å²) in [6.45, 7) is 12.8. The number of nitrogens with zero attached hydrogens (tertiary/aromatic N) is 2. The second-order valence-electron chi connectivity index (χ2n) is 7.81. The first kappa shape index (κ1) is 20.7. The van der Waals surface area contributed by atoms with Gasteiger partial charge in [0, 0.05) is 25.7 Å². The summed E-state index contributed by atoms with van der Waals surface area (Å²) in [5.74, 6) is 1.43. The Morgan fingerprint density at radius 3 is 2.69 bits per heavy atom. The minimum Gasteiger partial charge on any atom is -0.384 e. The smallest absolute Gasteiger partial charge is 0.191 e. The summed E-state index contributed by atoms with van der Waals surface area (Å²) in [4.78, 5) is 7.19. The van der Waals surface area contributed by atoms with E-state index >= 15 is 0 Å². The van der Waals surface area contributed by atoms with Crippen LogP contribution in [0.1, 0.15) is 46.1 Å². The average molecular weight is 361 g/mol. The van der Waals surface area contributed by atoms with Gasteiger partial charge in [-0.05, 0) is 58.6 Å². The van der Waals surface area contributed by atoms with Gasteiger partial charge in [0.2, 0.25) is 0 Å². The van der Waals surface area contributed by atoms with Gasteiger partial charge in [-0.3, -0.25) is 0 Å². The fourth-order valence-corrected chi connectivity index (χ4v) is 3.44. The van der Waals surface area contributed by atoms with Crippen LogP contribution in [0.5, 0.6) is 0 Å². The van der Waals surface area contributed by atoms with Crippen LogP contribution >= 0.6 is 0 Å². The van der Waals surface area contributed by atoms with Crippen LogP contribution in [0.15, 0.2) is 35.3 Å². The molecular formula is C21H36N4O. The van der Waals surface area contributed by atoms with E-state index in [0.717, 1.165) is 31.2 Å². The maximum absolute atomic E-state index is 10.7. The fraction of sp³-hybridized carbons (Fsp3) is 0.667. The van der Waals surface area contributed by atoms with Crippen LogP contribution in [0.4, 0.5) is 0 Å². The molecule has 26 heavy (non-hydrogen) atoms. The summed E-state index contributed by atoms with van der Waals surface area (Å²) in [5.41, 5.74) is -0.0810. The van der Waals surface area contributed by atoms with Crippen LogP contribution in [0.2, 0.25) is 0 Å². The molecule has 0 spiro atoms. The van der Waals surface area contributed by atoms with Gasteiger partial charge in [0.05, 0.1) is 6.54 Å². The molecule has 2 unspecified atom stereocenters. The van der Waals surface area contributed by atoms with E-state index in [1.165, 1.54) is 19.4 Å². The first-order valence-corrected chi connectivity index (χ1v) is 9.96. The van der Waals surface area contributed by atoms with Gasteiger partial charge < -0.3 is 20.6 Å². The van der Waals surface area contributed by atoms with Crippen molar-refractivity contribution in [1.82, 2.24) is 15.5 Å². The number of rotatable bonds is 7. The van der Waals surface area contributed by atoms with E-state index in [2.05, 4.69) is 41.3 Å². The van der Waals surface area contributed by atoms with E-state index in [1.807, 2.05) is 37.3 Å². The van der Waals surface area contributed by atoms with E-state index in [-0.39, 0.29) is 0 Å². The lowest BCUT2D eigenvalue weighted by Gasteiger charge is -2.35. The standard InChI is InChI=1S/C21H36N4O/c1-5-22-20(23-14-18-10-9-13-25(15-18)17(2)3)24-16-21(4,26)19-11-7-6-8-12-19/h6-8,11-12,17-18,26H,5,9-10,13-16H2,1-4H3,(H2,22,23,24). The number of likely N-dealkylation sites (tertiary alicyclic amines) is 1. The molecule has 5 heteroatoms. The van der Waals surface area contributed by atoms with Crippen LogP contribution in [0.3, 0.4) is 0 Å². The third-order valence-corrected chi connectivity index (χ3v) is 5.12. The van der Waals surface area contributed by atoms with Crippen molar-refractivity contribution in [3.05, 3.63) is 35.9 Å². The number of piperidine rings is 1. The zero-order valence-electron chi connectivity index (χ0n) is 16.8. The minimum absolute atomic E-state index is 0.329. The Morgan fingerprint density at radius 1 is 1.31 bits per heavy atom. The molecule has 2 rings (SSSR count). The van der Waals surface area contributed by atoms with E-state index in [9.17, 15) is 5.11 Å². The van der Waals surface area contributed by atoms with E-state index in [0.29, 0.717) is 18.5 Å². The Bertz CT molecular complexity index is 556. The Balaban J connectivity index is 1.92. The quantitative estimate of drug-likeness (QED) is 0.517. The highest BCUT2D eigenvalue weighted by molar-refractivity contribution is 5.79. The molecule has 0 aliphatic carbocycles. The van der Waals surface area contributed by atoms with Gasteiger partial charge in [0.15, 0.2) is 5.96 Å². The summed E-state index contributed by atoms with van der Waals surface area (Å²) in [6.07, 6.45) is 2.53. The maximum Gasteiger partial charge on any atom is 0.191 e. The monoisotopic (exact) mass is 360 g/mol. The summed E-state index contributed by atoms with van der Waals surface area (Å²) < 4.78 is 0. The molecule has 1 aromatic rings. The number of aliphatic imine (C=N–C) groups is 1. The van der Waals surface area contributed by atoms with Crippen molar-refractivity contribution in [3.8, 4) is 0 Å². The molecule has 1 heterocycles. The summed E-state index contributed by atoms with van der Waals surface area (Å²) in [7, 11) is 0. The highest BCUT2D eigenvalue weighted by Gasteiger charge is 2.24. The van der Waals surface area contributed by atoms with E-state index in [1.54, 1.807) is 0 Å². The van der Waals surface area contributed by atoms with Gasteiger partial charge >= 0.3 is 0 Å². The van der Waals surface area contributed by atoms with Gasteiger partial charge in [0.25, 0.3) is 0 Å². The molecule has 3 N–H and O–H groups in total. The highest BCUT2D eigenvalue weighted by atomic mass is 16.3. The van der Waals surface area contributed by atoms with Crippen molar-refractivity contribution in [2.75, 3.05) is 32.7 Å². The Labute approximate surface area is 158 Å². The Morgan fingerprint density at radius 2 is 2.04 bits per heavy atom. The van der Waals surface area contributed by atoms with Crippen LogP contribution in [-0.4, -0.2) is 54.7 Å². The SMILES string of the molecule is CCNC(=NCC(C)(O)c1ccccc1)NCC1CCCN(C(C)C)C1. The normalized spacial score (nSPS) is 21.5. The summed E-state index contributed by atoms with van der Waals surface area (Å²) in [5, 5.41) is 17.5. The highest BCUT2D eigenvalue weighted by Crippen LogP contribution is 2.20. The number of benzene rings is 1. The van der Waals surface area contributed by atoms with E-state index in [4.69, 9.17) is 0 Å². The third-order valence-electron chi connectivity index (χ3n) is 5.12. The first-order valence-electron chi connectivity index (χ1n) is 9.96. The molecule has 0 amide bonds. The van der Waals surface area contributed by atoms with Gasteiger partial charge in [-0.2, -0.15) is 0 Å². The second kappa shape index (κ2) is 9.93. The molecule has 0 saturated carbocycles. The number of hydrogen-bond donors (Lipinski definition) is 3. The molecular weight excluding hydrogens is 324 g/mol. The van der Waals surface area contributed by atoms with Gasteiger partial charge in [-0.1, -0.05) is 30.3 Å². The second-order valence-corrected chi connectivity index (χ2v) is 7.81. The van der Waals surface area contributed by atoms with Crippen molar-refractivity contribution in [2.45, 2.75) is 52.2 Å². The predicted molar refractivity (Wildman–Crippen MR) is 109 cm³/mol. The molecule has 146 valence electrons. The van der Waals surface area contributed by atoms with Crippen molar-refractivity contribution in [1.29, 1.82) is 0 Å². The zero-order chi connectivity index (χ0) is 19.0. The number of aliphatic hydroxyl groups is 1. The molecule has 2 atom stereocenters. The van der Waals surface area contributed by atoms with Crippen LogP contribution in [0, 0.1) is 5.92 Å². The average Bonchev–Trinajstić information content (AvgIpc) is 2.65. The van der Waals surface area contributed by atoms with Gasteiger partial charge in [0.1, 0.15) is 5.60 Å². The number of hydrogen-bond acceptors (Lipinski definition) is 3. The van der Waals surface area contributed by atoms with Gasteiger partial charge in [-0.15, -0.1) is 0 Å². The molecule has 1 aliphatic heterocycles. The zero-order valence-corrected chi connectivity index (χ0v) is 16.8. The molecule has 5 nitrogen and oxygen atoms in total. The van der Waals surface area contributed by atoms with Crippen molar-refractivity contribution in [3.63, 3.8) is 0 Å².